The first kappa shape index (κ1) is 14.5. The third-order valence-electron chi connectivity index (χ3n) is 2.84. The number of carbonyl (C=O) groups is 1. The Morgan fingerprint density at radius 3 is 2.81 bits per heavy atom. The molecular formula is C16H12FNO3. The highest BCUT2D eigenvalue weighted by Gasteiger charge is 2.06. The van der Waals surface area contributed by atoms with Crippen LogP contribution in [-0.4, -0.2) is 11.1 Å². The van der Waals surface area contributed by atoms with Crippen molar-refractivity contribution in [1.82, 2.24) is 0 Å². The molecule has 0 saturated carbocycles. The van der Waals surface area contributed by atoms with E-state index in [2.05, 4.69) is 0 Å². The molecule has 2 aromatic rings. The summed E-state index contributed by atoms with van der Waals surface area (Å²) in [6.07, 6.45) is -0.0861. The third kappa shape index (κ3) is 4.05. The number of benzene rings is 2. The lowest BCUT2D eigenvalue weighted by Gasteiger charge is -2.09. The SMILES string of the molecule is N#Cc1cc(F)ccc1COc1cccc(CC(=O)O)c1. The number of ether oxygens (including phenoxy) is 1. The Hall–Kier alpha value is -2.87. The minimum atomic E-state index is -0.919. The number of carboxylic acids is 1. The lowest BCUT2D eigenvalue weighted by Crippen LogP contribution is -2.02. The maximum Gasteiger partial charge on any atom is 0.307 e. The lowest BCUT2D eigenvalue weighted by atomic mass is 10.1. The molecule has 0 aliphatic rings. The van der Waals surface area contributed by atoms with Gasteiger partial charge in [-0.1, -0.05) is 18.2 Å². The van der Waals surface area contributed by atoms with Gasteiger partial charge in [0.25, 0.3) is 0 Å². The molecule has 0 bridgehead atoms. The summed E-state index contributed by atoms with van der Waals surface area (Å²) in [5.74, 6) is -0.891. The van der Waals surface area contributed by atoms with Crippen molar-refractivity contribution in [1.29, 1.82) is 5.26 Å². The predicted octanol–water partition coefficient (Wildman–Crippen LogP) is 2.90. The van der Waals surface area contributed by atoms with Crippen LogP contribution in [0.25, 0.3) is 0 Å². The first-order valence-corrected chi connectivity index (χ1v) is 6.20. The molecule has 0 aromatic heterocycles. The molecule has 2 aromatic carbocycles. The van der Waals surface area contributed by atoms with Crippen molar-refractivity contribution in [3.8, 4) is 11.8 Å². The summed E-state index contributed by atoms with van der Waals surface area (Å²) in [6.45, 7) is 0.111. The monoisotopic (exact) mass is 285 g/mol. The molecule has 0 aliphatic heterocycles. The van der Waals surface area contributed by atoms with Gasteiger partial charge in [0, 0.05) is 5.56 Å². The standard InChI is InChI=1S/C16H12FNO3/c17-14-5-4-12(13(8-14)9-18)10-21-15-3-1-2-11(6-15)7-16(19)20/h1-6,8H,7,10H2,(H,19,20). The van der Waals surface area contributed by atoms with Gasteiger partial charge in [0.1, 0.15) is 18.2 Å². The quantitative estimate of drug-likeness (QED) is 0.917. The Morgan fingerprint density at radius 1 is 1.29 bits per heavy atom. The van der Waals surface area contributed by atoms with Crippen LogP contribution >= 0.6 is 0 Å². The van der Waals surface area contributed by atoms with E-state index in [9.17, 15) is 9.18 Å². The molecule has 21 heavy (non-hydrogen) atoms. The molecule has 0 atom stereocenters. The number of hydrogen-bond acceptors (Lipinski definition) is 3. The van der Waals surface area contributed by atoms with Crippen LogP contribution in [0.2, 0.25) is 0 Å². The fourth-order valence-electron chi connectivity index (χ4n) is 1.86. The minimum absolute atomic E-state index is 0.0861. The van der Waals surface area contributed by atoms with Crippen LogP contribution in [-0.2, 0) is 17.8 Å². The Morgan fingerprint density at radius 2 is 2.10 bits per heavy atom. The average Bonchev–Trinajstić information content (AvgIpc) is 2.45. The zero-order valence-electron chi connectivity index (χ0n) is 11.0. The van der Waals surface area contributed by atoms with Crippen molar-refractivity contribution >= 4 is 5.97 Å². The van der Waals surface area contributed by atoms with Gasteiger partial charge in [-0.3, -0.25) is 4.79 Å². The second kappa shape index (κ2) is 6.53. The summed E-state index contributed by atoms with van der Waals surface area (Å²) in [6, 6.07) is 12.5. The number of nitrogens with zero attached hydrogens (tertiary/aromatic N) is 1. The van der Waals surface area contributed by atoms with Crippen molar-refractivity contribution in [2.75, 3.05) is 0 Å². The number of rotatable bonds is 5. The smallest absolute Gasteiger partial charge is 0.307 e. The molecule has 5 heteroatoms. The van der Waals surface area contributed by atoms with Gasteiger partial charge in [-0.05, 0) is 29.8 Å². The van der Waals surface area contributed by atoms with Crippen molar-refractivity contribution in [3.05, 3.63) is 65.0 Å². The summed E-state index contributed by atoms with van der Waals surface area (Å²) < 4.78 is 18.6. The van der Waals surface area contributed by atoms with Gasteiger partial charge in [-0.25, -0.2) is 4.39 Å². The highest BCUT2D eigenvalue weighted by molar-refractivity contribution is 5.70. The van der Waals surface area contributed by atoms with Gasteiger partial charge in [0.05, 0.1) is 18.1 Å². The van der Waals surface area contributed by atoms with Gasteiger partial charge in [0.15, 0.2) is 0 Å². The van der Waals surface area contributed by atoms with E-state index in [1.54, 1.807) is 24.3 Å². The molecule has 0 spiro atoms. The molecule has 2 rings (SSSR count). The van der Waals surface area contributed by atoms with Crippen molar-refractivity contribution in [2.24, 2.45) is 0 Å². The normalized spacial score (nSPS) is 9.90. The Labute approximate surface area is 121 Å². The predicted molar refractivity (Wildman–Crippen MR) is 73.2 cm³/mol. The van der Waals surface area contributed by atoms with Crippen LogP contribution in [0.15, 0.2) is 42.5 Å². The van der Waals surface area contributed by atoms with Crippen molar-refractivity contribution in [3.63, 3.8) is 0 Å². The third-order valence-corrected chi connectivity index (χ3v) is 2.84. The van der Waals surface area contributed by atoms with Crippen LogP contribution in [0.3, 0.4) is 0 Å². The van der Waals surface area contributed by atoms with Crippen LogP contribution in [0.4, 0.5) is 4.39 Å². The first-order chi connectivity index (χ1) is 10.1. The number of halogens is 1. The Kier molecular flexibility index (Phi) is 4.52. The summed E-state index contributed by atoms with van der Waals surface area (Å²) in [5.41, 5.74) is 1.42. The van der Waals surface area contributed by atoms with Gasteiger partial charge in [0.2, 0.25) is 0 Å². The Bertz CT molecular complexity index is 707. The molecular weight excluding hydrogens is 273 g/mol. The van der Waals surface area contributed by atoms with E-state index in [1.165, 1.54) is 12.1 Å². The lowest BCUT2D eigenvalue weighted by molar-refractivity contribution is -0.136. The summed E-state index contributed by atoms with van der Waals surface area (Å²) in [4.78, 5) is 10.7. The summed E-state index contributed by atoms with van der Waals surface area (Å²) >= 11 is 0. The zero-order chi connectivity index (χ0) is 15.2. The van der Waals surface area contributed by atoms with Crippen molar-refractivity contribution < 1.29 is 19.0 Å². The van der Waals surface area contributed by atoms with Gasteiger partial charge in [-0.15, -0.1) is 0 Å². The molecule has 0 saturated heterocycles. The molecule has 0 amide bonds. The molecule has 0 radical (unpaired) electrons. The fourth-order valence-corrected chi connectivity index (χ4v) is 1.86. The van der Waals surface area contributed by atoms with E-state index in [0.717, 1.165) is 6.07 Å². The van der Waals surface area contributed by atoms with Crippen LogP contribution in [0.1, 0.15) is 16.7 Å². The maximum atomic E-state index is 13.0. The molecule has 0 fully saturated rings. The summed E-state index contributed by atoms with van der Waals surface area (Å²) in [7, 11) is 0. The van der Waals surface area contributed by atoms with E-state index >= 15 is 0 Å². The van der Waals surface area contributed by atoms with E-state index in [1.807, 2.05) is 6.07 Å². The highest BCUT2D eigenvalue weighted by atomic mass is 19.1. The first-order valence-electron chi connectivity index (χ1n) is 6.20. The van der Waals surface area contributed by atoms with Crippen LogP contribution in [0, 0.1) is 17.1 Å². The molecule has 0 unspecified atom stereocenters. The van der Waals surface area contributed by atoms with E-state index < -0.39 is 11.8 Å². The fraction of sp³-hybridized carbons (Fsp3) is 0.125. The molecule has 0 aliphatic carbocycles. The largest absolute Gasteiger partial charge is 0.489 e. The zero-order valence-corrected chi connectivity index (χ0v) is 11.0. The number of hydrogen-bond donors (Lipinski definition) is 1. The van der Waals surface area contributed by atoms with Gasteiger partial charge < -0.3 is 9.84 Å². The molecule has 1 N–H and O–H groups in total. The van der Waals surface area contributed by atoms with Gasteiger partial charge in [-0.2, -0.15) is 5.26 Å². The highest BCUT2D eigenvalue weighted by Crippen LogP contribution is 2.17. The van der Waals surface area contributed by atoms with Crippen LogP contribution < -0.4 is 4.74 Å². The van der Waals surface area contributed by atoms with E-state index in [4.69, 9.17) is 15.1 Å². The second-order valence-corrected chi connectivity index (χ2v) is 4.42. The van der Waals surface area contributed by atoms with Crippen molar-refractivity contribution in [2.45, 2.75) is 13.0 Å². The average molecular weight is 285 g/mol. The summed E-state index contributed by atoms with van der Waals surface area (Å²) in [5, 5.41) is 17.7. The van der Waals surface area contributed by atoms with Gasteiger partial charge >= 0.3 is 5.97 Å². The number of nitriles is 1. The topological polar surface area (TPSA) is 70.3 Å². The van der Waals surface area contributed by atoms with E-state index in [-0.39, 0.29) is 18.6 Å². The Balaban J connectivity index is 2.10. The number of carboxylic acid groups (broad SMARTS) is 1. The maximum absolute atomic E-state index is 13.0. The second-order valence-electron chi connectivity index (χ2n) is 4.42. The number of aliphatic carboxylic acids is 1. The molecule has 0 heterocycles. The molecule has 4 nitrogen and oxygen atoms in total. The minimum Gasteiger partial charge on any atom is -0.489 e. The van der Waals surface area contributed by atoms with E-state index in [0.29, 0.717) is 16.9 Å². The molecule has 106 valence electrons. The van der Waals surface area contributed by atoms with Crippen LogP contribution in [0.5, 0.6) is 5.75 Å².